The zero-order chi connectivity index (χ0) is 18.8. The molecule has 0 unspecified atom stereocenters. The summed E-state index contributed by atoms with van der Waals surface area (Å²) in [6.07, 6.45) is 2.02. The lowest BCUT2D eigenvalue weighted by molar-refractivity contribution is 0.265. The van der Waals surface area contributed by atoms with E-state index in [0.29, 0.717) is 0 Å². The van der Waals surface area contributed by atoms with Gasteiger partial charge in [-0.2, -0.15) is 0 Å². The molecule has 4 rings (SSSR count). The van der Waals surface area contributed by atoms with Gasteiger partial charge in [0.1, 0.15) is 15.7 Å². The number of methoxy groups -OCH3 is 1. The molecule has 0 aliphatic carbocycles. The van der Waals surface area contributed by atoms with Crippen LogP contribution in [-0.4, -0.2) is 58.0 Å². The number of ether oxygens (including phenoxy) is 1. The summed E-state index contributed by atoms with van der Waals surface area (Å²) in [6, 6.07) is 16.2. The highest BCUT2D eigenvalue weighted by Gasteiger charge is 2.23. The maximum atomic E-state index is 5.79. The zero-order valence-corrected chi connectivity index (χ0v) is 16.8. The Morgan fingerprint density at radius 3 is 2.19 bits per heavy atom. The Morgan fingerprint density at radius 1 is 0.889 bits per heavy atom. The number of hydrogen-bond acceptors (Lipinski definition) is 3. The highest BCUT2D eigenvalue weighted by Crippen LogP contribution is 2.21. The third kappa shape index (κ3) is 3.55. The van der Waals surface area contributed by atoms with Gasteiger partial charge in [-0.05, 0) is 30.3 Å². The van der Waals surface area contributed by atoms with Crippen molar-refractivity contribution in [2.75, 3.05) is 33.3 Å². The van der Waals surface area contributed by atoms with Crippen molar-refractivity contribution >= 4 is 45.3 Å². The first kappa shape index (κ1) is 17.9. The molecule has 1 saturated heterocycles. The number of piperazine rings is 1. The van der Waals surface area contributed by atoms with Gasteiger partial charge in [-0.15, -0.1) is 0 Å². The lowest BCUT2D eigenvalue weighted by Gasteiger charge is -2.37. The summed E-state index contributed by atoms with van der Waals surface area (Å²) in [6.45, 7) is 3.48. The lowest BCUT2D eigenvalue weighted by Crippen LogP contribution is -2.50. The molecule has 0 amide bonds. The number of H-pyrrole nitrogens is 1. The molecule has 1 N–H and O–H groups in total. The first-order valence-corrected chi connectivity index (χ1v) is 9.78. The third-order valence-corrected chi connectivity index (χ3v) is 5.98. The average molecular weight is 396 g/mol. The minimum atomic E-state index is 0.843. The molecule has 1 fully saturated rings. The van der Waals surface area contributed by atoms with Crippen molar-refractivity contribution in [3.05, 3.63) is 65.9 Å². The number of hydrogen-bond donors (Lipinski definition) is 1. The molecule has 0 bridgehead atoms. The Hall–Kier alpha value is -2.44. The molecule has 27 heavy (non-hydrogen) atoms. The summed E-state index contributed by atoms with van der Waals surface area (Å²) >= 11 is 11.5. The predicted molar refractivity (Wildman–Crippen MR) is 118 cm³/mol. The molecule has 138 valence electrons. The van der Waals surface area contributed by atoms with E-state index in [1.807, 2.05) is 42.6 Å². The normalized spacial score (nSPS) is 14.4. The number of fused-ring (bicyclic) bond motifs is 1. The minimum Gasteiger partial charge on any atom is -0.497 e. The molecule has 4 nitrogen and oxygen atoms in total. The number of benzene rings is 2. The molecule has 3 aromatic rings. The van der Waals surface area contributed by atoms with Crippen LogP contribution in [0, 0.1) is 0 Å². The van der Waals surface area contributed by atoms with E-state index in [4.69, 9.17) is 29.2 Å². The van der Waals surface area contributed by atoms with Crippen molar-refractivity contribution in [1.29, 1.82) is 0 Å². The maximum absolute atomic E-state index is 5.79. The summed E-state index contributed by atoms with van der Waals surface area (Å²) in [4.78, 5) is 9.63. The second kappa shape index (κ2) is 7.66. The molecule has 6 heteroatoms. The number of thiocarbonyl (C=S) groups is 2. The zero-order valence-electron chi connectivity index (χ0n) is 15.1. The molecule has 0 radical (unpaired) electrons. The van der Waals surface area contributed by atoms with Crippen LogP contribution < -0.4 is 4.74 Å². The lowest BCUT2D eigenvalue weighted by atomic mass is 10.1. The molecule has 1 aliphatic rings. The number of aromatic amines is 1. The largest absolute Gasteiger partial charge is 0.497 e. The Bertz CT molecular complexity index is 973. The summed E-state index contributed by atoms with van der Waals surface area (Å²) in [5.74, 6) is 0.843. The van der Waals surface area contributed by atoms with Crippen LogP contribution in [0.15, 0.2) is 54.7 Å². The molecule has 2 heterocycles. The Labute approximate surface area is 169 Å². The summed E-state index contributed by atoms with van der Waals surface area (Å²) in [5, 5.41) is 1.18. The Kier molecular flexibility index (Phi) is 5.09. The number of rotatable bonds is 3. The van der Waals surface area contributed by atoms with Gasteiger partial charge in [0.05, 0.1) is 7.11 Å². The van der Waals surface area contributed by atoms with Crippen molar-refractivity contribution in [2.45, 2.75) is 0 Å². The van der Waals surface area contributed by atoms with Gasteiger partial charge in [0.25, 0.3) is 0 Å². The van der Waals surface area contributed by atoms with Crippen LogP contribution >= 0.6 is 24.4 Å². The molecular weight excluding hydrogens is 374 g/mol. The van der Waals surface area contributed by atoms with Gasteiger partial charge in [0, 0.05) is 54.4 Å². The number of aromatic nitrogens is 1. The van der Waals surface area contributed by atoms with E-state index >= 15 is 0 Å². The number of para-hydroxylation sites is 1. The van der Waals surface area contributed by atoms with Crippen molar-refractivity contribution < 1.29 is 4.74 Å². The molecule has 1 aromatic heterocycles. The van der Waals surface area contributed by atoms with E-state index in [-0.39, 0.29) is 0 Å². The van der Waals surface area contributed by atoms with Crippen LogP contribution in [0.3, 0.4) is 0 Å². The fourth-order valence-electron chi connectivity index (χ4n) is 3.45. The van der Waals surface area contributed by atoms with E-state index in [0.717, 1.165) is 58.5 Å². The predicted octanol–water partition coefficient (Wildman–Crippen LogP) is 3.85. The van der Waals surface area contributed by atoms with E-state index in [2.05, 4.69) is 26.9 Å². The topological polar surface area (TPSA) is 31.5 Å². The van der Waals surface area contributed by atoms with Crippen LogP contribution in [0.1, 0.15) is 11.1 Å². The SMILES string of the molecule is COc1ccc(C(=S)N2CCN(C(=S)c3c[nH]c4ccccc34)CC2)cc1. The van der Waals surface area contributed by atoms with Crippen LogP contribution in [0.4, 0.5) is 0 Å². The van der Waals surface area contributed by atoms with E-state index in [1.54, 1.807) is 7.11 Å². The minimum absolute atomic E-state index is 0.843. The molecule has 0 spiro atoms. The molecule has 1 aliphatic heterocycles. The molecule has 2 aromatic carbocycles. The monoisotopic (exact) mass is 395 g/mol. The summed E-state index contributed by atoms with van der Waals surface area (Å²) < 4.78 is 5.22. The first-order valence-electron chi connectivity index (χ1n) is 8.96. The fraction of sp³-hybridized carbons (Fsp3) is 0.238. The number of nitrogens with one attached hydrogen (secondary N) is 1. The highest BCUT2D eigenvalue weighted by molar-refractivity contribution is 7.81. The third-order valence-electron chi connectivity index (χ3n) is 5.01. The van der Waals surface area contributed by atoms with Gasteiger partial charge in [-0.25, -0.2) is 0 Å². The van der Waals surface area contributed by atoms with Crippen molar-refractivity contribution in [2.24, 2.45) is 0 Å². The average Bonchev–Trinajstić information content (AvgIpc) is 3.17. The van der Waals surface area contributed by atoms with Gasteiger partial charge < -0.3 is 19.5 Å². The summed E-state index contributed by atoms with van der Waals surface area (Å²) in [5.41, 5.74) is 3.28. The Balaban J connectivity index is 1.42. The summed E-state index contributed by atoms with van der Waals surface area (Å²) in [7, 11) is 1.67. The van der Waals surface area contributed by atoms with Gasteiger partial charge in [0.15, 0.2) is 0 Å². The van der Waals surface area contributed by atoms with E-state index < -0.39 is 0 Å². The van der Waals surface area contributed by atoms with Crippen LogP contribution in [0.2, 0.25) is 0 Å². The highest BCUT2D eigenvalue weighted by atomic mass is 32.1. The maximum Gasteiger partial charge on any atom is 0.118 e. The first-order chi connectivity index (χ1) is 13.2. The van der Waals surface area contributed by atoms with Gasteiger partial charge in [0.2, 0.25) is 0 Å². The smallest absolute Gasteiger partial charge is 0.118 e. The molecule has 0 saturated carbocycles. The van der Waals surface area contributed by atoms with Crippen molar-refractivity contribution in [3.63, 3.8) is 0 Å². The van der Waals surface area contributed by atoms with E-state index in [9.17, 15) is 0 Å². The standard InChI is InChI=1S/C21H21N3OS2/c1-25-16-8-6-15(7-9-16)20(26)23-10-12-24(13-11-23)21(27)18-14-22-19-5-3-2-4-17(18)19/h2-9,14,22H,10-13H2,1H3. The number of nitrogens with zero attached hydrogens (tertiary/aromatic N) is 2. The van der Waals surface area contributed by atoms with Crippen LogP contribution in [-0.2, 0) is 0 Å². The van der Waals surface area contributed by atoms with Gasteiger partial charge in [-0.1, -0.05) is 42.6 Å². The quantitative estimate of drug-likeness (QED) is 0.681. The Morgan fingerprint density at radius 2 is 1.52 bits per heavy atom. The van der Waals surface area contributed by atoms with E-state index in [1.165, 1.54) is 5.39 Å². The van der Waals surface area contributed by atoms with Crippen LogP contribution in [0.25, 0.3) is 10.9 Å². The van der Waals surface area contributed by atoms with Crippen LogP contribution in [0.5, 0.6) is 5.75 Å². The second-order valence-corrected chi connectivity index (χ2v) is 7.33. The molecular formula is C21H21N3OS2. The van der Waals surface area contributed by atoms with Gasteiger partial charge >= 0.3 is 0 Å². The van der Waals surface area contributed by atoms with Gasteiger partial charge in [-0.3, -0.25) is 0 Å². The molecule has 0 atom stereocenters. The van der Waals surface area contributed by atoms with Crippen molar-refractivity contribution in [1.82, 2.24) is 14.8 Å². The second-order valence-electron chi connectivity index (χ2n) is 6.56. The fourth-order valence-corrected chi connectivity index (χ4v) is 4.12. The van der Waals surface area contributed by atoms with Crippen molar-refractivity contribution in [3.8, 4) is 5.75 Å².